The van der Waals surface area contributed by atoms with Crippen molar-refractivity contribution in [1.82, 2.24) is 10.2 Å². The fourth-order valence-corrected chi connectivity index (χ4v) is 3.13. The van der Waals surface area contributed by atoms with Crippen molar-refractivity contribution in [3.05, 3.63) is 35.4 Å². The van der Waals surface area contributed by atoms with Crippen molar-refractivity contribution in [3.63, 3.8) is 0 Å². The van der Waals surface area contributed by atoms with Crippen molar-refractivity contribution in [2.75, 3.05) is 20.1 Å². The molecule has 1 aliphatic rings. The van der Waals surface area contributed by atoms with Crippen LogP contribution in [0.4, 0.5) is 0 Å². The molecule has 1 fully saturated rings. The van der Waals surface area contributed by atoms with E-state index in [-0.39, 0.29) is 5.41 Å². The molecular weight excluding hydrogens is 256 g/mol. The Morgan fingerprint density at radius 2 is 1.76 bits per heavy atom. The van der Waals surface area contributed by atoms with E-state index in [1.54, 1.807) is 0 Å². The lowest BCUT2D eigenvalue weighted by Crippen LogP contribution is -2.32. The van der Waals surface area contributed by atoms with Gasteiger partial charge in [-0.1, -0.05) is 45.0 Å². The van der Waals surface area contributed by atoms with Crippen LogP contribution in [0.2, 0.25) is 0 Å². The summed E-state index contributed by atoms with van der Waals surface area (Å²) in [6.45, 7) is 11.6. The third-order valence-corrected chi connectivity index (χ3v) is 4.71. The van der Waals surface area contributed by atoms with E-state index in [9.17, 15) is 0 Å². The highest BCUT2D eigenvalue weighted by Gasteiger charge is 2.18. The summed E-state index contributed by atoms with van der Waals surface area (Å²) in [5.74, 6) is 0. The van der Waals surface area contributed by atoms with E-state index in [4.69, 9.17) is 0 Å². The molecule has 1 aromatic carbocycles. The Bertz CT molecular complexity index is 430. The molecule has 1 heterocycles. The van der Waals surface area contributed by atoms with Crippen LogP contribution in [0.15, 0.2) is 24.3 Å². The normalized spacial score (nSPS) is 22.8. The molecule has 0 saturated carbocycles. The zero-order valence-electron chi connectivity index (χ0n) is 14.4. The highest BCUT2D eigenvalue weighted by molar-refractivity contribution is 5.29. The minimum absolute atomic E-state index is 0.237. The fourth-order valence-electron chi connectivity index (χ4n) is 3.13. The molecule has 0 amide bonds. The van der Waals surface area contributed by atoms with E-state index >= 15 is 0 Å². The third-order valence-electron chi connectivity index (χ3n) is 4.71. The highest BCUT2D eigenvalue weighted by Crippen LogP contribution is 2.24. The first-order valence-electron chi connectivity index (χ1n) is 8.41. The van der Waals surface area contributed by atoms with E-state index < -0.39 is 0 Å². The van der Waals surface area contributed by atoms with Crippen LogP contribution >= 0.6 is 0 Å². The van der Waals surface area contributed by atoms with Crippen LogP contribution in [0.5, 0.6) is 0 Å². The lowest BCUT2D eigenvalue weighted by molar-refractivity contribution is 0.340. The number of rotatable bonds is 3. The van der Waals surface area contributed by atoms with Crippen LogP contribution in [0.1, 0.15) is 64.1 Å². The predicted molar refractivity (Wildman–Crippen MR) is 91.8 cm³/mol. The van der Waals surface area contributed by atoms with Gasteiger partial charge in [0.15, 0.2) is 0 Å². The summed E-state index contributed by atoms with van der Waals surface area (Å²) >= 11 is 0. The Kier molecular flexibility index (Phi) is 5.45. The molecule has 118 valence electrons. The van der Waals surface area contributed by atoms with Crippen LogP contribution in [0.25, 0.3) is 0 Å². The first-order chi connectivity index (χ1) is 9.86. The molecule has 1 N–H and O–H groups in total. The Labute approximate surface area is 130 Å². The third kappa shape index (κ3) is 4.82. The monoisotopic (exact) mass is 288 g/mol. The predicted octanol–water partition coefficient (Wildman–Crippen LogP) is 4.12. The van der Waals surface area contributed by atoms with Gasteiger partial charge in [-0.05, 0) is 62.9 Å². The average Bonchev–Trinajstić information content (AvgIpc) is 2.63. The fraction of sp³-hybridized carbons (Fsp3) is 0.684. The quantitative estimate of drug-likeness (QED) is 0.900. The molecule has 2 nitrogen and oxygen atoms in total. The van der Waals surface area contributed by atoms with Crippen molar-refractivity contribution in [2.24, 2.45) is 0 Å². The molecule has 2 rings (SSSR count). The van der Waals surface area contributed by atoms with Gasteiger partial charge in [0.1, 0.15) is 0 Å². The van der Waals surface area contributed by atoms with E-state index in [1.165, 1.54) is 43.5 Å². The summed E-state index contributed by atoms with van der Waals surface area (Å²) in [6.07, 6.45) is 3.87. The second-order valence-electron chi connectivity index (χ2n) is 7.69. The van der Waals surface area contributed by atoms with Gasteiger partial charge in [0.2, 0.25) is 0 Å². The summed E-state index contributed by atoms with van der Waals surface area (Å²) < 4.78 is 0. The van der Waals surface area contributed by atoms with Crippen molar-refractivity contribution < 1.29 is 0 Å². The number of hydrogen-bond acceptors (Lipinski definition) is 2. The largest absolute Gasteiger partial charge is 0.307 e. The zero-order valence-corrected chi connectivity index (χ0v) is 14.4. The van der Waals surface area contributed by atoms with E-state index in [0.717, 1.165) is 0 Å². The number of likely N-dealkylation sites (tertiary alicyclic amines) is 1. The van der Waals surface area contributed by atoms with Crippen molar-refractivity contribution in [1.29, 1.82) is 0 Å². The van der Waals surface area contributed by atoms with E-state index in [0.29, 0.717) is 12.1 Å². The zero-order chi connectivity index (χ0) is 15.5. The molecular formula is C19H32N2. The van der Waals surface area contributed by atoms with Gasteiger partial charge in [0.25, 0.3) is 0 Å². The highest BCUT2D eigenvalue weighted by atomic mass is 15.1. The Hall–Kier alpha value is -0.860. The number of hydrogen-bond donors (Lipinski definition) is 1. The number of nitrogens with one attached hydrogen (secondary N) is 1. The minimum atomic E-state index is 0.237. The van der Waals surface area contributed by atoms with Gasteiger partial charge in [-0.2, -0.15) is 0 Å². The van der Waals surface area contributed by atoms with Gasteiger partial charge in [-0.25, -0.2) is 0 Å². The molecule has 2 heteroatoms. The van der Waals surface area contributed by atoms with Crippen molar-refractivity contribution in [3.8, 4) is 0 Å². The summed E-state index contributed by atoms with van der Waals surface area (Å²) in [7, 11) is 2.23. The lowest BCUT2D eigenvalue weighted by Gasteiger charge is -2.24. The van der Waals surface area contributed by atoms with Gasteiger partial charge in [0.05, 0.1) is 0 Å². The molecule has 0 spiro atoms. The molecule has 0 radical (unpaired) electrons. The molecule has 1 aromatic rings. The minimum Gasteiger partial charge on any atom is -0.307 e. The second kappa shape index (κ2) is 6.93. The molecule has 1 saturated heterocycles. The average molecular weight is 288 g/mol. The first-order valence-corrected chi connectivity index (χ1v) is 8.41. The summed E-state index contributed by atoms with van der Waals surface area (Å²) in [4.78, 5) is 2.45. The second-order valence-corrected chi connectivity index (χ2v) is 7.69. The van der Waals surface area contributed by atoms with E-state index in [1.807, 2.05) is 0 Å². The maximum Gasteiger partial charge on any atom is 0.0294 e. The maximum atomic E-state index is 3.83. The molecule has 21 heavy (non-hydrogen) atoms. The van der Waals surface area contributed by atoms with Crippen LogP contribution in [0, 0.1) is 0 Å². The van der Waals surface area contributed by atoms with Crippen LogP contribution in [-0.4, -0.2) is 31.1 Å². The molecule has 0 aromatic heterocycles. The molecule has 2 atom stereocenters. The van der Waals surface area contributed by atoms with E-state index in [2.05, 4.69) is 69.2 Å². The SMILES string of the molecule is CC(NC1CCCN(C)CC1)c1ccc(C(C)(C)C)cc1. The standard InChI is InChI=1S/C19H32N2/c1-15(20-18-7-6-13-21(5)14-12-18)16-8-10-17(11-9-16)19(2,3)4/h8-11,15,18,20H,6-7,12-14H2,1-5H3. The van der Waals surface area contributed by atoms with Gasteiger partial charge < -0.3 is 10.2 Å². The molecule has 0 bridgehead atoms. The maximum absolute atomic E-state index is 3.83. The first kappa shape index (κ1) is 16.5. The Morgan fingerprint density at radius 1 is 1.10 bits per heavy atom. The molecule has 2 unspecified atom stereocenters. The Morgan fingerprint density at radius 3 is 2.38 bits per heavy atom. The van der Waals surface area contributed by atoms with Gasteiger partial charge >= 0.3 is 0 Å². The van der Waals surface area contributed by atoms with Crippen LogP contribution in [0.3, 0.4) is 0 Å². The number of nitrogens with zero attached hydrogens (tertiary/aromatic N) is 1. The number of benzene rings is 1. The van der Waals surface area contributed by atoms with Crippen LogP contribution in [-0.2, 0) is 5.41 Å². The summed E-state index contributed by atoms with van der Waals surface area (Å²) in [5.41, 5.74) is 3.05. The van der Waals surface area contributed by atoms with Gasteiger partial charge in [-0.15, -0.1) is 0 Å². The topological polar surface area (TPSA) is 15.3 Å². The van der Waals surface area contributed by atoms with Crippen molar-refractivity contribution >= 4 is 0 Å². The smallest absolute Gasteiger partial charge is 0.0294 e. The molecule has 1 aliphatic heterocycles. The Balaban J connectivity index is 1.95. The summed E-state index contributed by atoms with van der Waals surface area (Å²) in [5, 5.41) is 3.83. The van der Waals surface area contributed by atoms with Gasteiger partial charge in [-0.3, -0.25) is 0 Å². The molecule has 0 aliphatic carbocycles. The summed E-state index contributed by atoms with van der Waals surface area (Å²) in [6, 6.07) is 10.3. The van der Waals surface area contributed by atoms with Crippen molar-refractivity contribution in [2.45, 2.75) is 64.5 Å². The lowest BCUT2D eigenvalue weighted by atomic mass is 9.86. The van der Waals surface area contributed by atoms with Gasteiger partial charge in [0, 0.05) is 12.1 Å². The van der Waals surface area contributed by atoms with Crippen LogP contribution < -0.4 is 5.32 Å².